The van der Waals surface area contributed by atoms with Crippen LogP contribution in [0.5, 0.6) is 5.75 Å². The van der Waals surface area contributed by atoms with Crippen molar-refractivity contribution >= 4 is 17.4 Å². The topological polar surface area (TPSA) is 95.7 Å². The summed E-state index contributed by atoms with van der Waals surface area (Å²) in [5.74, 6) is -1.09. The molecule has 0 heterocycles. The highest BCUT2D eigenvalue weighted by molar-refractivity contribution is 6.01. The number of hydrogen-bond donors (Lipinski definition) is 0. The number of carbonyl (C=O) groups is 2. The molecule has 0 spiro atoms. The zero-order valence-corrected chi connectivity index (χ0v) is 15.4. The average Bonchev–Trinajstić information content (AvgIpc) is 2.67. The van der Waals surface area contributed by atoms with Crippen LogP contribution in [0.2, 0.25) is 0 Å². The Morgan fingerprint density at radius 1 is 1.07 bits per heavy atom. The van der Waals surface area contributed by atoms with Gasteiger partial charge >= 0.3 is 11.7 Å². The molecular formula is C20H21NO6. The number of carbonyl (C=O) groups excluding carboxylic acids is 2. The number of ether oxygens (including phenoxy) is 2. The van der Waals surface area contributed by atoms with E-state index in [1.54, 1.807) is 19.1 Å². The summed E-state index contributed by atoms with van der Waals surface area (Å²) < 4.78 is 10.4. The van der Waals surface area contributed by atoms with E-state index in [0.29, 0.717) is 5.56 Å². The largest absolute Gasteiger partial charge is 0.487 e. The summed E-state index contributed by atoms with van der Waals surface area (Å²) in [6, 6.07) is 10.9. The molecule has 0 aliphatic rings. The van der Waals surface area contributed by atoms with E-state index in [9.17, 15) is 19.7 Å². The number of rotatable bonds is 8. The van der Waals surface area contributed by atoms with Crippen LogP contribution in [0.1, 0.15) is 47.1 Å². The first-order valence-electron chi connectivity index (χ1n) is 8.62. The highest BCUT2D eigenvalue weighted by Gasteiger charge is 2.23. The Bertz CT molecular complexity index is 844. The molecule has 0 aromatic heterocycles. The number of ketones is 1. The fourth-order valence-electron chi connectivity index (χ4n) is 2.49. The van der Waals surface area contributed by atoms with Crippen LogP contribution in [-0.4, -0.2) is 29.4 Å². The standard InChI is InChI=1S/C20H21NO6/c1-4-14-6-8-15(9-7-14)19(22)13(3)27-20(23)16-10-11-18(26-5-2)17(12-16)21(24)25/h6-13H,4-5H2,1-3H3/t13-/m1/s1. The van der Waals surface area contributed by atoms with Gasteiger partial charge in [0, 0.05) is 11.6 Å². The van der Waals surface area contributed by atoms with E-state index in [1.165, 1.54) is 19.1 Å². The monoisotopic (exact) mass is 371 g/mol. The molecular weight excluding hydrogens is 350 g/mol. The third kappa shape index (κ3) is 4.91. The van der Waals surface area contributed by atoms with Gasteiger partial charge in [-0.3, -0.25) is 14.9 Å². The van der Waals surface area contributed by atoms with Gasteiger partial charge in [-0.15, -0.1) is 0 Å². The molecule has 7 heteroatoms. The van der Waals surface area contributed by atoms with Gasteiger partial charge in [-0.25, -0.2) is 4.79 Å². The molecule has 0 N–H and O–H groups in total. The fourth-order valence-corrected chi connectivity index (χ4v) is 2.49. The van der Waals surface area contributed by atoms with Crippen LogP contribution in [0.3, 0.4) is 0 Å². The van der Waals surface area contributed by atoms with Crippen LogP contribution >= 0.6 is 0 Å². The maximum absolute atomic E-state index is 12.4. The maximum Gasteiger partial charge on any atom is 0.339 e. The Kier molecular flexibility index (Phi) is 6.65. The van der Waals surface area contributed by atoms with Gasteiger partial charge in [-0.2, -0.15) is 0 Å². The van der Waals surface area contributed by atoms with Crippen molar-refractivity contribution in [3.8, 4) is 5.75 Å². The number of aryl methyl sites for hydroxylation is 1. The van der Waals surface area contributed by atoms with Crippen molar-refractivity contribution in [3.05, 3.63) is 69.3 Å². The van der Waals surface area contributed by atoms with Crippen LogP contribution in [0.4, 0.5) is 5.69 Å². The number of nitro benzene ring substituents is 1. The third-order valence-electron chi connectivity index (χ3n) is 3.99. The second-order valence-corrected chi connectivity index (χ2v) is 5.83. The lowest BCUT2D eigenvalue weighted by Crippen LogP contribution is -2.24. The molecule has 0 fully saturated rings. The molecule has 0 saturated heterocycles. The summed E-state index contributed by atoms with van der Waals surface area (Å²) in [6.07, 6.45) is -0.161. The third-order valence-corrected chi connectivity index (χ3v) is 3.99. The van der Waals surface area contributed by atoms with Crippen molar-refractivity contribution < 1.29 is 24.0 Å². The van der Waals surface area contributed by atoms with Crippen molar-refractivity contribution in [1.29, 1.82) is 0 Å². The first kappa shape index (κ1) is 20.1. The lowest BCUT2D eigenvalue weighted by Gasteiger charge is -2.13. The molecule has 2 rings (SSSR count). The molecule has 2 aromatic rings. The van der Waals surface area contributed by atoms with Crippen molar-refractivity contribution in [2.75, 3.05) is 6.61 Å². The highest BCUT2D eigenvalue weighted by Crippen LogP contribution is 2.28. The summed E-state index contributed by atoms with van der Waals surface area (Å²) in [4.78, 5) is 35.2. The average molecular weight is 371 g/mol. The molecule has 0 amide bonds. The van der Waals surface area contributed by atoms with Crippen LogP contribution in [0.25, 0.3) is 0 Å². The van der Waals surface area contributed by atoms with E-state index < -0.39 is 17.0 Å². The second-order valence-electron chi connectivity index (χ2n) is 5.83. The summed E-state index contributed by atoms with van der Waals surface area (Å²) in [6.45, 7) is 5.44. The van der Waals surface area contributed by atoms with Gasteiger partial charge in [0.1, 0.15) is 0 Å². The smallest absolute Gasteiger partial charge is 0.339 e. The van der Waals surface area contributed by atoms with E-state index in [2.05, 4.69) is 0 Å². The predicted molar refractivity (Wildman–Crippen MR) is 99.3 cm³/mol. The first-order chi connectivity index (χ1) is 12.9. The van der Waals surface area contributed by atoms with Crippen LogP contribution in [0.15, 0.2) is 42.5 Å². The van der Waals surface area contributed by atoms with Gasteiger partial charge in [0.2, 0.25) is 5.78 Å². The van der Waals surface area contributed by atoms with Crippen molar-refractivity contribution in [1.82, 2.24) is 0 Å². The van der Waals surface area contributed by atoms with E-state index in [0.717, 1.165) is 18.1 Å². The minimum Gasteiger partial charge on any atom is -0.487 e. The first-order valence-corrected chi connectivity index (χ1v) is 8.62. The lowest BCUT2D eigenvalue weighted by molar-refractivity contribution is -0.385. The number of Topliss-reactive ketones (excluding diaryl/α,β-unsaturated/α-hetero) is 1. The van der Waals surface area contributed by atoms with E-state index in [-0.39, 0.29) is 29.4 Å². The van der Waals surface area contributed by atoms with Gasteiger partial charge in [0.15, 0.2) is 11.9 Å². The molecule has 142 valence electrons. The van der Waals surface area contributed by atoms with Crippen LogP contribution in [-0.2, 0) is 11.2 Å². The van der Waals surface area contributed by atoms with Crippen molar-refractivity contribution in [2.45, 2.75) is 33.3 Å². The summed E-state index contributed by atoms with van der Waals surface area (Å²) >= 11 is 0. The molecule has 2 aromatic carbocycles. The number of nitrogens with zero attached hydrogens (tertiary/aromatic N) is 1. The van der Waals surface area contributed by atoms with E-state index in [1.807, 2.05) is 19.1 Å². The number of esters is 1. The van der Waals surface area contributed by atoms with Gasteiger partial charge in [-0.05, 0) is 38.0 Å². The Morgan fingerprint density at radius 3 is 2.26 bits per heavy atom. The zero-order valence-electron chi connectivity index (χ0n) is 15.4. The molecule has 0 aliphatic heterocycles. The molecule has 27 heavy (non-hydrogen) atoms. The molecule has 0 aliphatic carbocycles. The molecule has 7 nitrogen and oxygen atoms in total. The minimum absolute atomic E-state index is 0.0221. The number of benzene rings is 2. The highest BCUT2D eigenvalue weighted by atomic mass is 16.6. The normalized spacial score (nSPS) is 11.5. The van der Waals surface area contributed by atoms with Gasteiger partial charge < -0.3 is 9.47 Å². The SMILES string of the molecule is CCOc1ccc(C(=O)O[C@H](C)C(=O)c2ccc(CC)cc2)cc1[N+](=O)[O-]. The maximum atomic E-state index is 12.4. The second kappa shape index (κ2) is 8.93. The zero-order chi connectivity index (χ0) is 20.0. The Hall–Kier alpha value is -3.22. The van der Waals surface area contributed by atoms with Crippen LogP contribution in [0, 0.1) is 10.1 Å². The summed E-state index contributed by atoms with van der Waals surface area (Å²) in [7, 11) is 0. The van der Waals surface area contributed by atoms with Gasteiger partial charge in [0.25, 0.3) is 0 Å². The molecule has 0 bridgehead atoms. The molecule has 0 unspecified atom stereocenters. The summed E-state index contributed by atoms with van der Waals surface area (Å²) in [5.41, 5.74) is 1.18. The van der Waals surface area contributed by atoms with Gasteiger partial charge in [0.05, 0.1) is 17.1 Å². The number of nitro groups is 1. The van der Waals surface area contributed by atoms with Crippen molar-refractivity contribution in [2.24, 2.45) is 0 Å². The molecule has 0 saturated carbocycles. The van der Waals surface area contributed by atoms with E-state index in [4.69, 9.17) is 9.47 Å². The van der Waals surface area contributed by atoms with Crippen molar-refractivity contribution in [3.63, 3.8) is 0 Å². The summed E-state index contributed by atoms with van der Waals surface area (Å²) in [5, 5.41) is 11.2. The van der Waals surface area contributed by atoms with E-state index >= 15 is 0 Å². The Labute approximate surface area is 157 Å². The minimum atomic E-state index is -1.02. The predicted octanol–water partition coefficient (Wildman–Crippen LogP) is 3.98. The lowest BCUT2D eigenvalue weighted by atomic mass is 10.0. The molecule has 0 radical (unpaired) electrons. The Morgan fingerprint density at radius 2 is 1.70 bits per heavy atom. The van der Waals surface area contributed by atoms with Gasteiger partial charge in [-0.1, -0.05) is 31.2 Å². The fraction of sp³-hybridized carbons (Fsp3) is 0.300. The molecule has 1 atom stereocenters. The quantitative estimate of drug-likeness (QED) is 0.301. The Balaban J connectivity index is 2.14. The van der Waals surface area contributed by atoms with Crippen LogP contribution < -0.4 is 4.74 Å². The number of hydrogen-bond acceptors (Lipinski definition) is 6.